The molecule has 0 aliphatic carbocycles. The van der Waals surface area contributed by atoms with Gasteiger partial charge in [0.15, 0.2) is 11.5 Å². The number of sulfonamides is 1. The van der Waals surface area contributed by atoms with Crippen molar-refractivity contribution in [2.24, 2.45) is 10.1 Å². The van der Waals surface area contributed by atoms with Crippen molar-refractivity contribution in [3.8, 4) is 34.3 Å². The maximum atomic E-state index is 13.1. The molecule has 37 heavy (non-hydrogen) atoms. The van der Waals surface area contributed by atoms with Gasteiger partial charge >= 0.3 is 0 Å². The summed E-state index contributed by atoms with van der Waals surface area (Å²) in [6, 6.07) is 17.3. The van der Waals surface area contributed by atoms with E-state index in [-0.39, 0.29) is 28.2 Å². The number of fused-ring (bicyclic) bond motifs is 1. The number of rotatable bonds is 7. The molecule has 5 rings (SSSR count). The van der Waals surface area contributed by atoms with E-state index in [0.717, 1.165) is 5.56 Å². The molecule has 0 spiro atoms. The minimum Gasteiger partial charge on any atom is -0.454 e. The van der Waals surface area contributed by atoms with E-state index in [1.807, 2.05) is 30.3 Å². The van der Waals surface area contributed by atoms with Crippen LogP contribution in [0.2, 0.25) is 5.02 Å². The molecular weight excluding hydrogens is 542 g/mol. The Morgan fingerprint density at radius 2 is 1.92 bits per heavy atom. The molecule has 0 amide bonds. The fourth-order valence-corrected chi connectivity index (χ4v) is 6.13. The van der Waals surface area contributed by atoms with Gasteiger partial charge in [-0.05, 0) is 29.8 Å². The van der Waals surface area contributed by atoms with Crippen LogP contribution in [0, 0.1) is 0 Å². The zero-order valence-corrected chi connectivity index (χ0v) is 21.2. The number of guanidine groups is 1. The van der Waals surface area contributed by atoms with Crippen LogP contribution in [-0.2, 0) is 15.8 Å². The van der Waals surface area contributed by atoms with Gasteiger partial charge in [-0.3, -0.25) is 5.21 Å². The van der Waals surface area contributed by atoms with Crippen LogP contribution in [0.3, 0.4) is 0 Å². The first-order chi connectivity index (χ1) is 17.8. The SMILES string of the molecule is NC(=NS(=O)(=O)c1cc(-c2nc(-c3ccccc3)no2)c(Cl)cc1SCc1ccc2c(c1)OCO2)NO. The topological polar surface area (TPSA) is 162 Å². The van der Waals surface area contributed by atoms with Crippen molar-refractivity contribution in [3.63, 3.8) is 0 Å². The van der Waals surface area contributed by atoms with Gasteiger partial charge < -0.3 is 19.7 Å². The number of nitrogens with zero attached hydrogens (tertiary/aromatic N) is 3. The molecule has 190 valence electrons. The number of hydroxylamine groups is 1. The van der Waals surface area contributed by atoms with E-state index < -0.39 is 16.0 Å². The lowest BCUT2D eigenvalue weighted by Crippen LogP contribution is -2.29. The summed E-state index contributed by atoms with van der Waals surface area (Å²) in [6.07, 6.45) is 0. The molecule has 0 fully saturated rings. The van der Waals surface area contributed by atoms with Crippen molar-refractivity contribution < 1.29 is 27.6 Å². The Kier molecular flexibility index (Phi) is 6.93. The van der Waals surface area contributed by atoms with Gasteiger partial charge in [0.2, 0.25) is 18.6 Å². The van der Waals surface area contributed by atoms with Gasteiger partial charge in [0.25, 0.3) is 15.9 Å². The predicted octanol–water partition coefficient (Wildman–Crippen LogP) is 4.06. The van der Waals surface area contributed by atoms with Crippen LogP contribution in [0.25, 0.3) is 22.8 Å². The first kappa shape index (κ1) is 24.9. The molecule has 4 aromatic rings. The molecule has 11 nitrogen and oxygen atoms in total. The van der Waals surface area contributed by atoms with Crippen LogP contribution in [0.5, 0.6) is 11.5 Å². The number of hydrogen-bond acceptors (Lipinski definition) is 9. The second-order valence-corrected chi connectivity index (χ2v) is 10.6. The lowest BCUT2D eigenvalue weighted by molar-refractivity contribution is 0.174. The van der Waals surface area contributed by atoms with Crippen LogP contribution in [0.4, 0.5) is 0 Å². The molecule has 1 aliphatic heterocycles. The summed E-state index contributed by atoms with van der Waals surface area (Å²) in [5.74, 6) is 1.25. The average molecular weight is 560 g/mol. The third kappa shape index (κ3) is 5.34. The van der Waals surface area contributed by atoms with Gasteiger partial charge in [-0.1, -0.05) is 53.2 Å². The Bertz CT molecular complexity index is 1590. The molecule has 1 aromatic heterocycles. The fraction of sp³-hybridized carbons (Fsp3) is 0.0870. The molecule has 0 saturated carbocycles. The lowest BCUT2D eigenvalue weighted by Gasteiger charge is -2.11. The molecule has 4 N–H and O–H groups in total. The Balaban J connectivity index is 1.53. The fourth-order valence-electron chi connectivity index (χ4n) is 3.44. The number of nitrogens with two attached hydrogens (primary N) is 1. The smallest absolute Gasteiger partial charge is 0.286 e. The highest BCUT2D eigenvalue weighted by Gasteiger charge is 2.25. The number of thioether (sulfide) groups is 1. The van der Waals surface area contributed by atoms with Gasteiger partial charge in [-0.15, -0.1) is 16.2 Å². The van der Waals surface area contributed by atoms with Crippen molar-refractivity contribution >= 4 is 39.3 Å². The van der Waals surface area contributed by atoms with Gasteiger partial charge in [0.05, 0.1) is 10.6 Å². The highest BCUT2D eigenvalue weighted by atomic mass is 35.5. The molecule has 0 unspecified atom stereocenters. The Hall–Kier alpha value is -3.78. The van der Waals surface area contributed by atoms with Crippen LogP contribution < -0.4 is 20.7 Å². The zero-order valence-electron chi connectivity index (χ0n) is 18.8. The predicted molar refractivity (Wildman–Crippen MR) is 136 cm³/mol. The largest absolute Gasteiger partial charge is 0.454 e. The van der Waals surface area contributed by atoms with Crippen molar-refractivity contribution in [3.05, 3.63) is 71.2 Å². The normalized spacial score (nSPS) is 13.1. The van der Waals surface area contributed by atoms with E-state index in [4.69, 9.17) is 36.5 Å². The molecule has 0 bridgehead atoms. The summed E-state index contributed by atoms with van der Waals surface area (Å²) in [5, 5.41) is 13.1. The molecule has 0 atom stereocenters. The number of aromatic nitrogens is 2. The highest BCUT2D eigenvalue weighted by Crippen LogP contribution is 2.40. The van der Waals surface area contributed by atoms with Gasteiger partial charge in [0, 0.05) is 16.2 Å². The van der Waals surface area contributed by atoms with E-state index in [1.165, 1.54) is 29.4 Å². The maximum Gasteiger partial charge on any atom is 0.286 e. The van der Waals surface area contributed by atoms with Crippen molar-refractivity contribution in [1.82, 2.24) is 15.6 Å². The number of ether oxygens (including phenoxy) is 2. The van der Waals surface area contributed by atoms with Crippen LogP contribution >= 0.6 is 23.4 Å². The third-order valence-corrected chi connectivity index (χ3v) is 8.06. The van der Waals surface area contributed by atoms with Crippen LogP contribution in [0.15, 0.2) is 79.4 Å². The second kappa shape index (κ2) is 10.3. The summed E-state index contributed by atoms with van der Waals surface area (Å²) >= 11 is 7.76. The molecular formula is C23H18ClN5O6S2. The Labute approximate surface area is 220 Å². The monoisotopic (exact) mass is 559 g/mol. The van der Waals surface area contributed by atoms with Gasteiger partial charge in [0.1, 0.15) is 4.90 Å². The minimum absolute atomic E-state index is 0.0184. The molecule has 3 aromatic carbocycles. The van der Waals surface area contributed by atoms with Crippen LogP contribution in [-0.4, -0.2) is 36.5 Å². The maximum absolute atomic E-state index is 13.1. The van der Waals surface area contributed by atoms with E-state index >= 15 is 0 Å². The lowest BCUT2D eigenvalue weighted by atomic mass is 10.2. The molecule has 0 radical (unpaired) electrons. The Morgan fingerprint density at radius 3 is 2.70 bits per heavy atom. The van der Waals surface area contributed by atoms with Gasteiger partial charge in [-0.25, -0.2) is 5.48 Å². The minimum atomic E-state index is -4.38. The third-order valence-electron chi connectivity index (χ3n) is 5.16. The summed E-state index contributed by atoms with van der Waals surface area (Å²) in [6.45, 7) is 0.144. The van der Waals surface area contributed by atoms with Gasteiger partial charge in [-0.2, -0.15) is 13.4 Å². The number of hydrogen-bond donors (Lipinski definition) is 3. The number of halogens is 1. The van der Waals surface area contributed by atoms with Crippen molar-refractivity contribution in [2.75, 3.05) is 6.79 Å². The number of benzene rings is 3. The number of nitrogens with one attached hydrogen (secondary N) is 1. The quantitative estimate of drug-likeness (QED) is 0.129. The summed E-state index contributed by atoms with van der Waals surface area (Å²) < 4.78 is 45.8. The molecule has 14 heteroatoms. The van der Waals surface area contributed by atoms with E-state index in [1.54, 1.807) is 18.2 Å². The second-order valence-electron chi connectivity index (χ2n) is 7.61. The average Bonchev–Trinajstić information content (AvgIpc) is 3.57. The summed E-state index contributed by atoms with van der Waals surface area (Å²) in [5.41, 5.74) is 8.70. The van der Waals surface area contributed by atoms with Crippen LogP contribution in [0.1, 0.15) is 5.56 Å². The van der Waals surface area contributed by atoms with Crippen molar-refractivity contribution in [1.29, 1.82) is 0 Å². The summed E-state index contributed by atoms with van der Waals surface area (Å²) in [4.78, 5) is 4.45. The zero-order chi connectivity index (χ0) is 26.0. The molecule has 0 saturated heterocycles. The summed E-state index contributed by atoms with van der Waals surface area (Å²) in [7, 11) is -4.38. The Morgan fingerprint density at radius 1 is 1.14 bits per heavy atom. The van der Waals surface area contributed by atoms with E-state index in [2.05, 4.69) is 14.5 Å². The van der Waals surface area contributed by atoms with E-state index in [0.29, 0.717) is 33.5 Å². The first-order valence-corrected chi connectivity index (χ1v) is 13.4. The molecule has 2 heterocycles. The standard InChI is InChI=1S/C23H18ClN5O6S2/c24-16-10-19(36-11-13-6-7-17-18(8-13)34-12-33-17)20(37(31,32)29-23(25)27-30)9-15(16)22-26-21(28-35-22)14-4-2-1-3-5-14/h1-10,30H,11-12H2,(H3,25,27,29). The van der Waals surface area contributed by atoms with E-state index in [9.17, 15) is 8.42 Å². The highest BCUT2D eigenvalue weighted by molar-refractivity contribution is 7.99. The molecule has 1 aliphatic rings. The van der Waals surface area contributed by atoms with Crippen molar-refractivity contribution in [2.45, 2.75) is 15.5 Å². The first-order valence-electron chi connectivity index (χ1n) is 10.6.